The Bertz CT molecular complexity index is 659. The quantitative estimate of drug-likeness (QED) is 0.801. The molecule has 5 nitrogen and oxygen atoms in total. The third-order valence-corrected chi connectivity index (χ3v) is 4.59. The zero-order chi connectivity index (χ0) is 17.1. The Kier molecular flexibility index (Phi) is 5.48. The maximum atomic E-state index is 13.9. The molecule has 3 heterocycles. The lowest BCUT2D eigenvalue weighted by Gasteiger charge is -2.27. The Balaban J connectivity index is 1.58. The third kappa shape index (κ3) is 4.53. The second-order valence-corrected chi connectivity index (χ2v) is 7.04. The fourth-order valence-corrected chi connectivity index (χ4v) is 3.41. The summed E-state index contributed by atoms with van der Waals surface area (Å²) in [7, 11) is 3.94. The van der Waals surface area contributed by atoms with Gasteiger partial charge in [0.15, 0.2) is 0 Å². The first-order chi connectivity index (χ1) is 11.5. The van der Waals surface area contributed by atoms with Gasteiger partial charge in [-0.15, -0.1) is 0 Å². The molecule has 130 valence electrons. The third-order valence-electron chi connectivity index (χ3n) is 4.36. The lowest BCUT2D eigenvalue weighted by Crippen LogP contribution is -2.38. The minimum absolute atomic E-state index is 0.206. The van der Waals surface area contributed by atoms with Crippen LogP contribution in [0.2, 0.25) is 5.02 Å². The summed E-state index contributed by atoms with van der Waals surface area (Å²) in [4.78, 5) is 8.73. The number of hydrogen-bond donors (Lipinski definition) is 0. The number of pyridine rings is 1. The van der Waals surface area contributed by atoms with Crippen LogP contribution in [0.25, 0.3) is 0 Å². The van der Waals surface area contributed by atoms with Gasteiger partial charge in [0, 0.05) is 57.2 Å². The summed E-state index contributed by atoms with van der Waals surface area (Å²) in [5.41, 5.74) is 2.09. The van der Waals surface area contributed by atoms with Crippen LogP contribution in [0.1, 0.15) is 17.7 Å². The van der Waals surface area contributed by atoms with Gasteiger partial charge < -0.3 is 0 Å². The summed E-state index contributed by atoms with van der Waals surface area (Å²) in [5, 5.41) is 4.83. The van der Waals surface area contributed by atoms with E-state index in [-0.39, 0.29) is 6.04 Å². The first-order valence-corrected chi connectivity index (χ1v) is 8.52. The van der Waals surface area contributed by atoms with Crippen LogP contribution in [0.15, 0.2) is 30.7 Å². The molecule has 0 N–H and O–H groups in total. The van der Waals surface area contributed by atoms with Crippen LogP contribution in [0.4, 0.5) is 4.39 Å². The van der Waals surface area contributed by atoms with Gasteiger partial charge in [0.25, 0.3) is 0 Å². The molecule has 2 aromatic rings. The van der Waals surface area contributed by atoms with Crippen molar-refractivity contribution in [1.82, 2.24) is 24.6 Å². The average Bonchev–Trinajstić information content (AvgIpc) is 3.08. The summed E-state index contributed by atoms with van der Waals surface area (Å²) >= 11 is 5.87. The molecule has 1 fully saturated rings. The van der Waals surface area contributed by atoms with Crippen LogP contribution in [-0.4, -0.2) is 56.9 Å². The van der Waals surface area contributed by atoms with Crippen molar-refractivity contribution in [3.05, 3.63) is 47.0 Å². The summed E-state index contributed by atoms with van der Waals surface area (Å²) in [5.74, 6) is 0. The van der Waals surface area contributed by atoms with Gasteiger partial charge in [0.05, 0.1) is 16.9 Å². The van der Waals surface area contributed by atoms with Crippen molar-refractivity contribution < 1.29 is 4.39 Å². The topological polar surface area (TPSA) is 37.2 Å². The Morgan fingerprint density at radius 1 is 1.38 bits per heavy atom. The second-order valence-electron chi connectivity index (χ2n) is 6.60. The maximum absolute atomic E-state index is 13.9. The minimum Gasteiger partial charge on any atom is -0.299 e. The molecule has 1 aliphatic rings. The first kappa shape index (κ1) is 17.3. The van der Waals surface area contributed by atoms with Crippen molar-refractivity contribution in [3.8, 4) is 0 Å². The Labute approximate surface area is 147 Å². The first-order valence-electron chi connectivity index (χ1n) is 8.14. The number of likely N-dealkylation sites (N-methyl/N-ethyl adjacent to an activating group) is 1. The van der Waals surface area contributed by atoms with E-state index in [9.17, 15) is 4.39 Å². The average molecular weight is 352 g/mol. The molecule has 0 amide bonds. The number of halogens is 2. The number of aryl methyl sites for hydroxylation is 1. The van der Waals surface area contributed by atoms with Crippen LogP contribution in [0.5, 0.6) is 0 Å². The molecule has 24 heavy (non-hydrogen) atoms. The van der Waals surface area contributed by atoms with Crippen LogP contribution >= 0.6 is 11.6 Å². The van der Waals surface area contributed by atoms with Gasteiger partial charge in [-0.2, -0.15) is 5.10 Å². The van der Waals surface area contributed by atoms with Crippen molar-refractivity contribution >= 4 is 11.6 Å². The monoisotopic (exact) mass is 351 g/mol. The van der Waals surface area contributed by atoms with Crippen molar-refractivity contribution in [3.63, 3.8) is 0 Å². The molecule has 0 unspecified atom stereocenters. The summed E-state index contributed by atoms with van der Waals surface area (Å²) in [6, 6.07) is 3.98. The molecular formula is C17H23ClFN5. The largest absolute Gasteiger partial charge is 0.299 e. The Morgan fingerprint density at radius 2 is 2.21 bits per heavy atom. The molecular weight excluding hydrogens is 329 g/mol. The van der Waals surface area contributed by atoms with E-state index >= 15 is 0 Å². The smallest absolute Gasteiger partial charge is 0.114 e. The molecule has 0 spiro atoms. The van der Waals surface area contributed by atoms with Crippen molar-refractivity contribution in [1.29, 1.82) is 0 Å². The lowest BCUT2D eigenvalue weighted by atomic mass is 10.2. The zero-order valence-corrected chi connectivity index (χ0v) is 14.8. The van der Waals surface area contributed by atoms with E-state index in [0.717, 1.165) is 30.9 Å². The zero-order valence-electron chi connectivity index (χ0n) is 14.1. The van der Waals surface area contributed by atoms with Crippen LogP contribution in [0.3, 0.4) is 0 Å². The van der Waals surface area contributed by atoms with E-state index in [1.165, 1.54) is 0 Å². The van der Waals surface area contributed by atoms with Gasteiger partial charge in [-0.3, -0.25) is 19.5 Å². The van der Waals surface area contributed by atoms with Crippen molar-refractivity contribution in [2.24, 2.45) is 7.05 Å². The number of likely N-dealkylation sites (tertiary alicyclic amines) is 1. The fourth-order valence-electron chi connectivity index (χ4n) is 3.29. The van der Waals surface area contributed by atoms with Crippen LogP contribution < -0.4 is 0 Å². The molecule has 0 aromatic carbocycles. The Hall–Kier alpha value is -1.50. The summed E-state index contributed by atoms with van der Waals surface area (Å²) in [6.45, 7) is 2.77. The molecule has 1 saturated heterocycles. The van der Waals surface area contributed by atoms with E-state index < -0.39 is 6.17 Å². The number of nitrogens with zero attached hydrogens (tertiary/aromatic N) is 5. The van der Waals surface area contributed by atoms with Gasteiger partial charge in [-0.05, 0) is 25.6 Å². The highest BCUT2D eigenvalue weighted by Crippen LogP contribution is 2.23. The van der Waals surface area contributed by atoms with Crippen molar-refractivity contribution in [2.45, 2.75) is 31.7 Å². The molecule has 0 aliphatic carbocycles. The predicted octanol–water partition coefficient (Wildman–Crippen LogP) is 2.51. The molecule has 0 saturated carbocycles. The van der Waals surface area contributed by atoms with Gasteiger partial charge in [0.2, 0.25) is 0 Å². The number of rotatable bonds is 6. The number of alkyl halides is 1. The normalized spacial score (nSPS) is 21.7. The van der Waals surface area contributed by atoms with E-state index in [1.807, 2.05) is 38.6 Å². The van der Waals surface area contributed by atoms with Crippen LogP contribution in [-0.2, 0) is 20.1 Å². The van der Waals surface area contributed by atoms with E-state index in [2.05, 4.69) is 19.9 Å². The minimum atomic E-state index is -0.756. The van der Waals surface area contributed by atoms with Crippen molar-refractivity contribution in [2.75, 3.05) is 20.1 Å². The summed E-state index contributed by atoms with van der Waals surface area (Å²) in [6.07, 6.45) is 5.33. The predicted molar refractivity (Wildman–Crippen MR) is 92.5 cm³/mol. The fraction of sp³-hybridized carbons (Fsp3) is 0.529. The van der Waals surface area contributed by atoms with E-state index in [0.29, 0.717) is 18.0 Å². The highest BCUT2D eigenvalue weighted by molar-refractivity contribution is 6.30. The summed E-state index contributed by atoms with van der Waals surface area (Å²) < 4.78 is 15.7. The molecule has 0 bridgehead atoms. The van der Waals surface area contributed by atoms with Gasteiger partial charge >= 0.3 is 0 Å². The Morgan fingerprint density at radius 3 is 2.88 bits per heavy atom. The highest BCUT2D eigenvalue weighted by atomic mass is 35.5. The molecule has 3 rings (SSSR count). The van der Waals surface area contributed by atoms with Gasteiger partial charge in [0.1, 0.15) is 6.17 Å². The molecule has 7 heteroatoms. The van der Waals surface area contributed by atoms with Gasteiger partial charge in [-0.1, -0.05) is 11.6 Å². The second kappa shape index (κ2) is 7.59. The van der Waals surface area contributed by atoms with Crippen LogP contribution in [0, 0.1) is 0 Å². The standard InChI is InChI=1S/C17H23ClFN5/c1-22(11-16-4-3-14(18)7-20-16)12-17-5-15(19)10-24(17)9-13-6-21-23(2)8-13/h3-4,6-8,15,17H,5,9-12H2,1-2H3/t15-,17-/m0/s1. The maximum Gasteiger partial charge on any atom is 0.114 e. The number of aromatic nitrogens is 3. The highest BCUT2D eigenvalue weighted by Gasteiger charge is 2.32. The van der Waals surface area contributed by atoms with E-state index in [1.54, 1.807) is 10.9 Å². The SMILES string of the molecule is CN(Cc1ccc(Cl)cn1)C[C@@H]1C[C@H](F)CN1Cc1cnn(C)c1. The molecule has 2 atom stereocenters. The molecule has 1 aliphatic heterocycles. The number of hydrogen-bond acceptors (Lipinski definition) is 4. The van der Waals surface area contributed by atoms with Gasteiger partial charge in [-0.25, -0.2) is 4.39 Å². The lowest BCUT2D eigenvalue weighted by molar-refractivity contribution is 0.180. The van der Waals surface area contributed by atoms with E-state index in [4.69, 9.17) is 11.6 Å². The molecule has 0 radical (unpaired) electrons. The molecule has 2 aromatic heterocycles.